The first-order chi connectivity index (χ1) is 8.22. The fourth-order valence-corrected chi connectivity index (χ4v) is 3.05. The summed E-state index contributed by atoms with van der Waals surface area (Å²) in [6.45, 7) is 6.83. The summed E-state index contributed by atoms with van der Waals surface area (Å²) < 4.78 is 5.45. The molecule has 3 nitrogen and oxygen atoms in total. The quantitative estimate of drug-likeness (QED) is 0.841. The van der Waals surface area contributed by atoms with E-state index in [-0.39, 0.29) is 0 Å². The van der Waals surface area contributed by atoms with Crippen molar-refractivity contribution in [3.63, 3.8) is 0 Å². The summed E-state index contributed by atoms with van der Waals surface area (Å²) in [6.07, 6.45) is 1.32. The molecule has 1 N–H and O–H groups in total. The van der Waals surface area contributed by atoms with Gasteiger partial charge in [0.2, 0.25) is 0 Å². The number of hydrogen-bond donors (Lipinski definition) is 1. The Bertz CT molecular complexity index is 416. The van der Waals surface area contributed by atoms with Crippen molar-refractivity contribution in [3.8, 4) is 5.75 Å². The third kappa shape index (κ3) is 1.78. The fourth-order valence-electron chi connectivity index (χ4n) is 3.05. The topological polar surface area (TPSA) is 24.5 Å². The predicted octanol–water partition coefficient (Wildman–Crippen LogP) is 1.80. The number of methoxy groups -OCH3 is 1. The molecule has 2 aliphatic heterocycles. The molecule has 0 aromatic heterocycles. The third-order valence-electron chi connectivity index (χ3n) is 4.06. The normalized spacial score (nSPS) is 21.6. The highest BCUT2D eigenvalue weighted by atomic mass is 16.5. The number of nitrogens with zero attached hydrogens (tertiary/aromatic N) is 1. The summed E-state index contributed by atoms with van der Waals surface area (Å²) >= 11 is 0. The molecule has 1 aromatic rings. The Kier molecular flexibility index (Phi) is 2.51. The van der Waals surface area contributed by atoms with Gasteiger partial charge in [0.25, 0.3) is 0 Å². The molecule has 1 spiro atoms. The maximum absolute atomic E-state index is 5.45. The zero-order chi connectivity index (χ0) is 11.9. The largest absolute Gasteiger partial charge is 0.495 e. The van der Waals surface area contributed by atoms with Crippen LogP contribution in [0.1, 0.15) is 12.0 Å². The van der Waals surface area contributed by atoms with Crippen molar-refractivity contribution in [1.82, 2.24) is 5.32 Å². The maximum Gasteiger partial charge on any atom is 0.142 e. The predicted molar refractivity (Wildman–Crippen MR) is 69.9 cm³/mol. The van der Waals surface area contributed by atoms with Crippen LogP contribution in [-0.4, -0.2) is 33.3 Å². The van der Waals surface area contributed by atoms with Crippen molar-refractivity contribution in [1.29, 1.82) is 0 Å². The number of hydrogen-bond acceptors (Lipinski definition) is 3. The average Bonchev–Trinajstić information content (AvgIpc) is 2.76. The SMILES string of the molecule is COc1ccc(C)cc1N1CC2(CCNC2)C1. The highest BCUT2D eigenvalue weighted by Crippen LogP contribution is 2.42. The van der Waals surface area contributed by atoms with E-state index < -0.39 is 0 Å². The lowest BCUT2D eigenvalue weighted by Crippen LogP contribution is -2.57. The van der Waals surface area contributed by atoms with Crippen LogP contribution in [0, 0.1) is 12.3 Å². The minimum Gasteiger partial charge on any atom is -0.495 e. The van der Waals surface area contributed by atoms with E-state index in [0.29, 0.717) is 5.41 Å². The second-order valence-corrected chi connectivity index (χ2v) is 5.46. The van der Waals surface area contributed by atoms with E-state index in [1.165, 1.54) is 43.9 Å². The van der Waals surface area contributed by atoms with E-state index >= 15 is 0 Å². The lowest BCUT2D eigenvalue weighted by atomic mass is 9.78. The van der Waals surface area contributed by atoms with E-state index in [0.717, 1.165) is 5.75 Å². The molecule has 0 radical (unpaired) electrons. The second kappa shape index (κ2) is 3.91. The van der Waals surface area contributed by atoms with E-state index in [1.54, 1.807) is 7.11 Å². The molecule has 0 bridgehead atoms. The summed E-state index contributed by atoms with van der Waals surface area (Å²) in [7, 11) is 1.75. The summed E-state index contributed by atoms with van der Waals surface area (Å²) in [5.74, 6) is 0.997. The Morgan fingerprint density at radius 2 is 2.18 bits per heavy atom. The van der Waals surface area contributed by atoms with Crippen LogP contribution in [0.3, 0.4) is 0 Å². The summed E-state index contributed by atoms with van der Waals surface area (Å²) in [5.41, 5.74) is 3.09. The van der Waals surface area contributed by atoms with E-state index in [4.69, 9.17) is 4.74 Å². The maximum atomic E-state index is 5.45. The van der Waals surface area contributed by atoms with Crippen LogP contribution in [0.2, 0.25) is 0 Å². The van der Waals surface area contributed by atoms with Crippen LogP contribution in [-0.2, 0) is 0 Å². The first-order valence-corrected chi connectivity index (χ1v) is 6.33. The minimum absolute atomic E-state index is 0.536. The molecule has 0 unspecified atom stereocenters. The van der Waals surface area contributed by atoms with Gasteiger partial charge in [0, 0.05) is 25.0 Å². The van der Waals surface area contributed by atoms with Crippen LogP contribution in [0.5, 0.6) is 5.75 Å². The number of aryl methyl sites for hydroxylation is 1. The molecule has 17 heavy (non-hydrogen) atoms. The van der Waals surface area contributed by atoms with E-state index in [9.17, 15) is 0 Å². The van der Waals surface area contributed by atoms with Crippen LogP contribution in [0.25, 0.3) is 0 Å². The van der Waals surface area contributed by atoms with E-state index in [2.05, 4.69) is 35.3 Å². The molecule has 0 amide bonds. The highest BCUT2D eigenvalue weighted by Gasteiger charge is 2.45. The highest BCUT2D eigenvalue weighted by molar-refractivity contribution is 5.62. The van der Waals surface area contributed by atoms with Crippen molar-refractivity contribution in [3.05, 3.63) is 23.8 Å². The molecule has 2 heterocycles. The molecule has 1 aromatic carbocycles. The monoisotopic (exact) mass is 232 g/mol. The van der Waals surface area contributed by atoms with Gasteiger partial charge in [-0.2, -0.15) is 0 Å². The Balaban J connectivity index is 1.79. The van der Waals surface area contributed by atoms with Crippen molar-refractivity contribution in [2.75, 3.05) is 38.2 Å². The van der Waals surface area contributed by atoms with Crippen molar-refractivity contribution < 1.29 is 4.74 Å². The Labute approximate surface area is 103 Å². The molecule has 3 rings (SSSR count). The minimum atomic E-state index is 0.536. The smallest absolute Gasteiger partial charge is 0.142 e. The van der Waals surface area contributed by atoms with Crippen molar-refractivity contribution >= 4 is 5.69 Å². The van der Waals surface area contributed by atoms with Gasteiger partial charge in [0.15, 0.2) is 0 Å². The fraction of sp³-hybridized carbons (Fsp3) is 0.571. The molecule has 2 aliphatic rings. The molecule has 0 atom stereocenters. The van der Waals surface area contributed by atoms with Crippen LogP contribution >= 0.6 is 0 Å². The van der Waals surface area contributed by atoms with Gasteiger partial charge in [-0.25, -0.2) is 0 Å². The lowest BCUT2D eigenvalue weighted by molar-refractivity contribution is 0.241. The summed E-state index contributed by atoms with van der Waals surface area (Å²) in [5, 5.41) is 3.47. The molecule has 0 aliphatic carbocycles. The standard InChI is InChI=1S/C14H20N2O/c1-11-3-4-13(17-2)12(7-11)16-9-14(10-16)5-6-15-8-14/h3-4,7,15H,5-6,8-10H2,1-2H3. The number of rotatable bonds is 2. The first-order valence-electron chi connectivity index (χ1n) is 6.33. The molecular weight excluding hydrogens is 212 g/mol. The zero-order valence-corrected chi connectivity index (χ0v) is 10.6. The van der Waals surface area contributed by atoms with Crippen LogP contribution in [0.4, 0.5) is 5.69 Å². The summed E-state index contributed by atoms with van der Waals surface area (Å²) in [4.78, 5) is 2.44. The van der Waals surface area contributed by atoms with Gasteiger partial charge in [0.05, 0.1) is 12.8 Å². The Morgan fingerprint density at radius 1 is 1.35 bits per heavy atom. The molecule has 92 valence electrons. The van der Waals surface area contributed by atoms with Gasteiger partial charge in [-0.3, -0.25) is 0 Å². The number of anilines is 1. The van der Waals surface area contributed by atoms with Crippen LogP contribution < -0.4 is 15.0 Å². The molecule has 0 saturated carbocycles. The van der Waals surface area contributed by atoms with Gasteiger partial charge < -0.3 is 15.0 Å². The van der Waals surface area contributed by atoms with Crippen molar-refractivity contribution in [2.24, 2.45) is 5.41 Å². The van der Waals surface area contributed by atoms with Gasteiger partial charge in [-0.05, 0) is 37.6 Å². The van der Waals surface area contributed by atoms with Gasteiger partial charge in [-0.15, -0.1) is 0 Å². The number of benzene rings is 1. The number of ether oxygens (including phenoxy) is 1. The zero-order valence-electron chi connectivity index (χ0n) is 10.6. The molecule has 2 fully saturated rings. The van der Waals surface area contributed by atoms with Gasteiger partial charge in [0.1, 0.15) is 5.75 Å². The summed E-state index contributed by atoms with van der Waals surface area (Å²) in [6, 6.07) is 6.41. The Morgan fingerprint density at radius 3 is 2.82 bits per heavy atom. The Hall–Kier alpha value is -1.22. The van der Waals surface area contributed by atoms with Gasteiger partial charge >= 0.3 is 0 Å². The molecule has 3 heteroatoms. The first kappa shape index (κ1) is 10.9. The molecular formula is C14H20N2O. The van der Waals surface area contributed by atoms with Crippen molar-refractivity contribution in [2.45, 2.75) is 13.3 Å². The van der Waals surface area contributed by atoms with Gasteiger partial charge in [-0.1, -0.05) is 6.07 Å². The van der Waals surface area contributed by atoms with E-state index in [1.807, 2.05) is 0 Å². The average molecular weight is 232 g/mol. The third-order valence-corrected chi connectivity index (χ3v) is 4.06. The number of nitrogens with one attached hydrogen (secondary N) is 1. The lowest BCUT2D eigenvalue weighted by Gasteiger charge is -2.49. The van der Waals surface area contributed by atoms with Crippen LogP contribution in [0.15, 0.2) is 18.2 Å². The molecule has 2 saturated heterocycles. The second-order valence-electron chi connectivity index (χ2n) is 5.46.